The number of allylic oxidation sites excluding steroid dienone is 1. The van der Waals surface area contributed by atoms with Crippen LogP contribution in [0.1, 0.15) is 39.4 Å². The highest BCUT2D eigenvalue weighted by Gasteiger charge is 2.38. The number of carbonyl (C=O) groups is 2. The van der Waals surface area contributed by atoms with Crippen molar-refractivity contribution in [2.75, 3.05) is 7.11 Å². The number of hydrogen-bond donors (Lipinski definition) is 1. The Morgan fingerprint density at radius 2 is 1.76 bits per heavy atom. The largest absolute Gasteiger partial charge is 0.504 e. The second-order valence-corrected chi connectivity index (χ2v) is 9.10. The van der Waals surface area contributed by atoms with Gasteiger partial charge in [-0.15, -0.1) is 0 Å². The summed E-state index contributed by atoms with van der Waals surface area (Å²) in [6.45, 7) is 0. The molecule has 1 atom stereocenters. The molecule has 186 valence electrons. The Balaban J connectivity index is 1.46. The zero-order chi connectivity index (χ0) is 26.0. The van der Waals surface area contributed by atoms with E-state index in [0.29, 0.717) is 33.9 Å². The summed E-state index contributed by atoms with van der Waals surface area (Å²) >= 11 is 0. The van der Waals surface area contributed by atoms with Gasteiger partial charge in [0.1, 0.15) is 11.5 Å². The van der Waals surface area contributed by atoms with E-state index in [0.717, 1.165) is 16.6 Å². The molecule has 0 saturated heterocycles. The molecular formula is C28H22N2O7. The van der Waals surface area contributed by atoms with Gasteiger partial charge in [0, 0.05) is 25.6 Å². The monoisotopic (exact) mass is 498 g/mol. The molecule has 2 aliphatic rings. The lowest BCUT2D eigenvalue weighted by Crippen LogP contribution is -2.21. The molecule has 0 spiro atoms. The molecule has 9 heteroatoms. The molecule has 37 heavy (non-hydrogen) atoms. The third kappa shape index (κ3) is 3.42. The summed E-state index contributed by atoms with van der Waals surface area (Å²) in [6.07, 6.45) is 1.60. The van der Waals surface area contributed by atoms with Crippen LogP contribution < -0.4 is 19.9 Å². The lowest BCUT2D eigenvalue weighted by molar-refractivity contribution is -0.135. The number of ether oxygens (including phenoxy) is 3. The molecule has 1 N–H and O–H groups in total. The Kier molecular flexibility index (Phi) is 4.98. The number of phenols is 1. The molecule has 0 amide bonds. The Bertz CT molecular complexity index is 1740. The van der Waals surface area contributed by atoms with Gasteiger partial charge in [0.15, 0.2) is 17.3 Å². The van der Waals surface area contributed by atoms with Gasteiger partial charge >= 0.3 is 11.7 Å². The van der Waals surface area contributed by atoms with Crippen LogP contribution in [0.15, 0.2) is 59.1 Å². The topological polar surface area (TPSA) is 109 Å². The van der Waals surface area contributed by atoms with Crippen LogP contribution in [0.25, 0.3) is 17.1 Å². The smallest absolute Gasteiger partial charge is 0.328 e. The summed E-state index contributed by atoms with van der Waals surface area (Å²) in [4.78, 5) is 38.2. The number of aryl methyl sites for hydroxylation is 2. The summed E-state index contributed by atoms with van der Waals surface area (Å²) in [6, 6.07) is 13.6. The maximum Gasteiger partial charge on any atom is 0.328 e. The molecule has 9 nitrogen and oxygen atoms in total. The first kappa shape index (κ1) is 22.7. The van der Waals surface area contributed by atoms with Crippen LogP contribution in [0.5, 0.6) is 23.0 Å². The number of ketones is 1. The standard InChI is InChI=1S/C28H22N2O7/c1-29-18-7-5-15(12-19(18)30(2)28(29)34)17-13-24(32)36-22-9-6-16-26(33)23(37-27(16)25(17)22)11-14-4-8-21(35-3)20(31)10-14/h4-12,17,31H,13H2,1-3H3/b23-11-. The fourth-order valence-electron chi connectivity index (χ4n) is 5.08. The molecule has 1 unspecified atom stereocenters. The number of rotatable bonds is 3. The SMILES string of the molecule is COc1ccc(/C=C2\Oc3c(ccc4c3C(c3ccc5c(c3)n(C)c(=O)n5C)CC(=O)O4)C2=O)cc1O. The number of hydrogen-bond acceptors (Lipinski definition) is 7. The minimum Gasteiger partial charge on any atom is -0.504 e. The van der Waals surface area contributed by atoms with Gasteiger partial charge < -0.3 is 19.3 Å². The number of aromatic nitrogens is 2. The molecule has 0 fully saturated rings. The van der Waals surface area contributed by atoms with Crippen LogP contribution >= 0.6 is 0 Å². The van der Waals surface area contributed by atoms with E-state index in [1.54, 1.807) is 53.6 Å². The summed E-state index contributed by atoms with van der Waals surface area (Å²) in [5.74, 6) is -0.139. The predicted octanol–water partition coefficient (Wildman–Crippen LogP) is 3.65. The van der Waals surface area contributed by atoms with Crippen LogP contribution in [0.2, 0.25) is 0 Å². The molecule has 3 heterocycles. The predicted molar refractivity (Wildman–Crippen MR) is 134 cm³/mol. The van der Waals surface area contributed by atoms with Gasteiger partial charge in [-0.05, 0) is 53.6 Å². The number of aromatic hydroxyl groups is 1. The van der Waals surface area contributed by atoms with Crippen LogP contribution in [0, 0.1) is 0 Å². The number of carbonyl (C=O) groups excluding carboxylic acids is 2. The summed E-state index contributed by atoms with van der Waals surface area (Å²) in [7, 11) is 4.86. The van der Waals surface area contributed by atoms with E-state index in [9.17, 15) is 19.5 Å². The van der Waals surface area contributed by atoms with E-state index < -0.39 is 11.9 Å². The van der Waals surface area contributed by atoms with Crippen molar-refractivity contribution in [1.82, 2.24) is 9.13 Å². The molecular weight excluding hydrogens is 476 g/mol. The van der Waals surface area contributed by atoms with Crippen molar-refractivity contribution in [2.45, 2.75) is 12.3 Å². The number of nitrogens with zero attached hydrogens (tertiary/aromatic N) is 2. The van der Waals surface area contributed by atoms with Gasteiger partial charge in [-0.3, -0.25) is 18.7 Å². The average molecular weight is 498 g/mol. The number of benzene rings is 3. The number of fused-ring (bicyclic) bond motifs is 4. The number of esters is 1. The molecule has 3 aromatic carbocycles. The Morgan fingerprint density at radius 1 is 0.973 bits per heavy atom. The Morgan fingerprint density at radius 3 is 2.51 bits per heavy atom. The van der Waals surface area contributed by atoms with Crippen LogP contribution in [0.3, 0.4) is 0 Å². The normalized spacial score (nSPS) is 17.5. The van der Waals surface area contributed by atoms with E-state index in [1.807, 2.05) is 18.2 Å². The second-order valence-electron chi connectivity index (χ2n) is 9.10. The molecule has 2 aliphatic heterocycles. The second kappa shape index (κ2) is 8.12. The summed E-state index contributed by atoms with van der Waals surface area (Å²) in [5, 5.41) is 10.1. The quantitative estimate of drug-likeness (QED) is 0.261. The third-order valence-corrected chi connectivity index (χ3v) is 6.98. The number of methoxy groups -OCH3 is 1. The lowest BCUT2D eigenvalue weighted by Gasteiger charge is -2.26. The fraction of sp³-hybridized carbons (Fsp3) is 0.179. The number of Topliss-reactive ketones (excluding diaryl/α,β-unsaturated/α-hetero) is 1. The third-order valence-electron chi connectivity index (χ3n) is 6.98. The lowest BCUT2D eigenvalue weighted by atomic mass is 9.84. The highest BCUT2D eigenvalue weighted by Crippen LogP contribution is 2.49. The van der Waals surface area contributed by atoms with E-state index >= 15 is 0 Å². The summed E-state index contributed by atoms with van der Waals surface area (Å²) in [5.41, 5.74) is 3.67. The molecule has 0 aliphatic carbocycles. The van der Waals surface area contributed by atoms with Crippen molar-refractivity contribution in [3.63, 3.8) is 0 Å². The van der Waals surface area contributed by atoms with Crippen molar-refractivity contribution < 1.29 is 28.9 Å². The van der Waals surface area contributed by atoms with E-state index in [4.69, 9.17) is 14.2 Å². The van der Waals surface area contributed by atoms with Gasteiger partial charge in [0.2, 0.25) is 5.78 Å². The van der Waals surface area contributed by atoms with Crippen LogP contribution in [-0.4, -0.2) is 33.1 Å². The highest BCUT2D eigenvalue weighted by molar-refractivity contribution is 6.15. The van der Waals surface area contributed by atoms with Gasteiger partial charge in [-0.1, -0.05) is 12.1 Å². The van der Waals surface area contributed by atoms with Crippen molar-refractivity contribution in [2.24, 2.45) is 14.1 Å². The van der Waals surface area contributed by atoms with Crippen molar-refractivity contribution >= 4 is 28.9 Å². The first-order chi connectivity index (χ1) is 17.8. The minimum absolute atomic E-state index is 0.0543. The highest BCUT2D eigenvalue weighted by atomic mass is 16.5. The van der Waals surface area contributed by atoms with Gasteiger partial charge in [-0.2, -0.15) is 0 Å². The van der Waals surface area contributed by atoms with E-state index in [2.05, 4.69) is 0 Å². The van der Waals surface area contributed by atoms with E-state index in [-0.39, 0.29) is 29.4 Å². The van der Waals surface area contributed by atoms with Crippen LogP contribution in [-0.2, 0) is 18.9 Å². The first-order valence-corrected chi connectivity index (χ1v) is 11.6. The maximum atomic E-state index is 13.2. The molecule has 0 bridgehead atoms. The minimum atomic E-state index is -0.442. The molecule has 6 rings (SSSR count). The molecule has 4 aromatic rings. The van der Waals surface area contributed by atoms with Crippen molar-refractivity contribution in [3.05, 3.63) is 87.0 Å². The first-order valence-electron chi connectivity index (χ1n) is 11.6. The Hall–Kier alpha value is -4.79. The van der Waals surface area contributed by atoms with Gasteiger partial charge in [0.25, 0.3) is 0 Å². The zero-order valence-corrected chi connectivity index (χ0v) is 20.3. The molecule has 0 saturated carbocycles. The van der Waals surface area contributed by atoms with Crippen LogP contribution in [0.4, 0.5) is 0 Å². The maximum absolute atomic E-state index is 13.2. The van der Waals surface area contributed by atoms with Gasteiger partial charge in [0.05, 0.1) is 30.1 Å². The molecule has 1 aromatic heterocycles. The van der Waals surface area contributed by atoms with Crippen molar-refractivity contribution in [1.29, 1.82) is 0 Å². The van der Waals surface area contributed by atoms with Crippen molar-refractivity contribution in [3.8, 4) is 23.0 Å². The summed E-state index contributed by atoms with van der Waals surface area (Å²) < 4.78 is 19.8. The Labute approximate surface area is 210 Å². The molecule has 0 radical (unpaired) electrons. The van der Waals surface area contributed by atoms with Gasteiger partial charge in [-0.25, -0.2) is 4.79 Å². The number of phenolic OH excluding ortho intramolecular Hbond substituents is 1. The van der Waals surface area contributed by atoms with E-state index in [1.165, 1.54) is 13.2 Å². The zero-order valence-electron chi connectivity index (χ0n) is 20.3. The fourth-order valence-corrected chi connectivity index (χ4v) is 5.08. The number of imidazole rings is 1. The average Bonchev–Trinajstić information content (AvgIpc) is 3.31.